The maximum Gasteiger partial charge on any atom is 0.123 e. The Labute approximate surface area is 155 Å². The molecule has 0 unspecified atom stereocenters. The molecule has 2 aromatic carbocycles. The lowest BCUT2D eigenvalue weighted by atomic mass is 9.88. The highest BCUT2D eigenvalue weighted by Gasteiger charge is 2.21. The molecule has 3 heteroatoms. The fourth-order valence-corrected chi connectivity index (χ4v) is 3.96. The van der Waals surface area contributed by atoms with Crippen molar-refractivity contribution in [2.45, 2.75) is 51.4 Å². The number of fused-ring (bicyclic) bond motifs is 1. The number of allylic oxidation sites excluding steroid dienone is 2. The van der Waals surface area contributed by atoms with Crippen LogP contribution in [0.4, 0.5) is 0 Å². The molecular formula is C23H28O3. The SMILES string of the molecule is OCCCCCCC1=C(c2cccc(O)c2)CCCc2cccc(O)c21. The van der Waals surface area contributed by atoms with Gasteiger partial charge in [0.1, 0.15) is 11.5 Å². The van der Waals surface area contributed by atoms with Crippen molar-refractivity contribution < 1.29 is 15.3 Å². The van der Waals surface area contributed by atoms with Crippen LogP contribution in [-0.4, -0.2) is 21.9 Å². The predicted molar refractivity (Wildman–Crippen MR) is 106 cm³/mol. The lowest BCUT2D eigenvalue weighted by molar-refractivity contribution is 0.282. The van der Waals surface area contributed by atoms with Gasteiger partial charge >= 0.3 is 0 Å². The Bertz CT molecular complexity index is 777. The van der Waals surface area contributed by atoms with Gasteiger partial charge in [0.2, 0.25) is 0 Å². The average Bonchev–Trinajstić information content (AvgIpc) is 2.82. The number of aliphatic hydroxyl groups is 1. The van der Waals surface area contributed by atoms with Crippen LogP contribution in [0.1, 0.15) is 61.6 Å². The summed E-state index contributed by atoms with van der Waals surface area (Å²) in [4.78, 5) is 0. The third-order valence-corrected chi connectivity index (χ3v) is 5.20. The molecule has 0 atom stereocenters. The second kappa shape index (κ2) is 8.91. The van der Waals surface area contributed by atoms with Crippen LogP contribution in [0.25, 0.3) is 11.1 Å². The maximum atomic E-state index is 10.6. The van der Waals surface area contributed by atoms with Gasteiger partial charge in [-0.15, -0.1) is 0 Å². The molecule has 2 aromatic rings. The number of hydrogen-bond donors (Lipinski definition) is 3. The Morgan fingerprint density at radius 2 is 1.65 bits per heavy atom. The van der Waals surface area contributed by atoms with Gasteiger partial charge in [-0.2, -0.15) is 0 Å². The molecule has 0 radical (unpaired) electrons. The lowest BCUT2D eigenvalue weighted by Gasteiger charge is -2.17. The molecule has 138 valence electrons. The molecule has 0 bridgehead atoms. The van der Waals surface area contributed by atoms with Gasteiger partial charge in [0.25, 0.3) is 0 Å². The highest BCUT2D eigenvalue weighted by molar-refractivity contribution is 5.94. The number of unbranched alkanes of at least 4 members (excludes halogenated alkanes) is 3. The van der Waals surface area contributed by atoms with E-state index in [9.17, 15) is 10.2 Å². The molecule has 3 nitrogen and oxygen atoms in total. The van der Waals surface area contributed by atoms with E-state index < -0.39 is 0 Å². The molecule has 26 heavy (non-hydrogen) atoms. The Balaban J connectivity index is 2.01. The molecule has 1 aliphatic carbocycles. The second-order valence-corrected chi connectivity index (χ2v) is 7.06. The number of aliphatic hydroxyl groups excluding tert-OH is 1. The summed E-state index contributed by atoms with van der Waals surface area (Å²) in [5.41, 5.74) is 5.70. The summed E-state index contributed by atoms with van der Waals surface area (Å²) in [7, 11) is 0. The molecule has 0 amide bonds. The van der Waals surface area contributed by atoms with Crippen LogP contribution in [0, 0.1) is 0 Å². The van der Waals surface area contributed by atoms with Gasteiger partial charge in [-0.05, 0) is 79.0 Å². The van der Waals surface area contributed by atoms with Gasteiger partial charge in [0.05, 0.1) is 0 Å². The quantitative estimate of drug-likeness (QED) is 0.594. The second-order valence-electron chi connectivity index (χ2n) is 7.06. The molecule has 0 aromatic heterocycles. The summed E-state index contributed by atoms with van der Waals surface area (Å²) < 4.78 is 0. The number of benzene rings is 2. The van der Waals surface area contributed by atoms with Crippen LogP contribution in [-0.2, 0) is 6.42 Å². The Kier molecular flexibility index (Phi) is 6.35. The molecule has 3 rings (SSSR count). The van der Waals surface area contributed by atoms with E-state index in [-0.39, 0.29) is 12.4 Å². The summed E-state index contributed by atoms with van der Waals surface area (Å²) in [6, 6.07) is 13.3. The number of rotatable bonds is 7. The molecule has 0 aliphatic heterocycles. The smallest absolute Gasteiger partial charge is 0.123 e. The number of aromatic hydroxyl groups is 2. The minimum absolute atomic E-state index is 0.251. The van der Waals surface area contributed by atoms with Crippen LogP contribution in [0.3, 0.4) is 0 Å². The van der Waals surface area contributed by atoms with Crippen molar-refractivity contribution >= 4 is 11.1 Å². The zero-order valence-electron chi connectivity index (χ0n) is 15.2. The van der Waals surface area contributed by atoms with Crippen LogP contribution >= 0.6 is 0 Å². The van der Waals surface area contributed by atoms with Crippen LogP contribution < -0.4 is 0 Å². The van der Waals surface area contributed by atoms with E-state index in [0.29, 0.717) is 5.75 Å². The summed E-state index contributed by atoms with van der Waals surface area (Å²) >= 11 is 0. The first-order chi connectivity index (χ1) is 12.7. The number of hydrogen-bond acceptors (Lipinski definition) is 3. The van der Waals surface area contributed by atoms with Gasteiger partial charge < -0.3 is 15.3 Å². The summed E-state index contributed by atoms with van der Waals surface area (Å²) in [6.07, 6.45) is 7.82. The topological polar surface area (TPSA) is 60.7 Å². The Morgan fingerprint density at radius 1 is 0.846 bits per heavy atom. The van der Waals surface area contributed by atoms with Crippen molar-refractivity contribution in [3.63, 3.8) is 0 Å². The average molecular weight is 352 g/mol. The fourth-order valence-electron chi connectivity index (χ4n) is 3.96. The van der Waals surface area contributed by atoms with Gasteiger partial charge in [0, 0.05) is 12.2 Å². The van der Waals surface area contributed by atoms with E-state index in [2.05, 4.69) is 6.07 Å². The highest BCUT2D eigenvalue weighted by Crippen LogP contribution is 2.42. The Morgan fingerprint density at radius 3 is 2.46 bits per heavy atom. The molecule has 0 fully saturated rings. The van der Waals surface area contributed by atoms with Crippen molar-refractivity contribution in [2.75, 3.05) is 6.61 Å². The number of aryl methyl sites for hydroxylation is 1. The van der Waals surface area contributed by atoms with Crippen molar-refractivity contribution in [1.82, 2.24) is 0 Å². The minimum atomic E-state index is 0.251. The molecular weight excluding hydrogens is 324 g/mol. The van der Waals surface area contributed by atoms with Gasteiger partial charge in [-0.3, -0.25) is 0 Å². The zero-order valence-corrected chi connectivity index (χ0v) is 15.2. The lowest BCUT2D eigenvalue weighted by Crippen LogP contribution is -1.96. The fraction of sp³-hybridized carbons (Fsp3) is 0.391. The first kappa shape index (κ1) is 18.5. The van der Waals surface area contributed by atoms with E-state index in [1.165, 1.54) is 16.7 Å². The van der Waals surface area contributed by atoms with Crippen molar-refractivity contribution in [3.05, 3.63) is 59.2 Å². The summed E-state index contributed by atoms with van der Waals surface area (Å²) in [6.45, 7) is 0.251. The van der Waals surface area contributed by atoms with Gasteiger partial charge in [-0.25, -0.2) is 0 Å². The third-order valence-electron chi connectivity index (χ3n) is 5.20. The first-order valence-corrected chi connectivity index (χ1v) is 9.64. The van der Waals surface area contributed by atoms with Crippen molar-refractivity contribution in [1.29, 1.82) is 0 Å². The molecule has 1 aliphatic rings. The Hall–Kier alpha value is -2.26. The van der Waals surface area contributed by atoms with E-state index in [1.807, 2.05) is 24.3 Å². The van der Waals surface area contributed by atoms with Crippen molar-refractivity contribution in [3.8, 4) is 11.5 Å². The third kappa shape index (κ3) is 4.28. The highest BCUT2D eigenvalue weighted by atomic mass is 16.3. The summed E-state index contributed by atoms with van der Waals surface area (Å²) in [5, 5.41) is 29.5. The molecule has 3 N–H and O–H groups in total. The summed E-state index contributed by atoms with van der Waals surface area (Å²) in [5.74, 6) is 0.631. The zero-order chi connectivity index (χ0) is 18.4. The maximum absolute atomic E-state index is 10.6. The predicted octanol–water partition coefficient (Wildman–Crippen LogP) is 5.29. The van der Waals surface area contributed by atoms with Crippen LogP contribution in [0.15, 0.2) is 42.5 Å². The van der Waals surface area contributed by atoms with Gasteiger partial charge in [-0.1, -0.05) is 37.1 Å². The molecule has 0 saturated carbocycles. The first-order valence-electron chi connectivity index (χ1n) is 9.64. The number of phenols is 2. The van der Waals surface area contributed by atoms with Crippen LogP contribution in [0.2, 0.25) is 0 Å². The largest absolute Gasteiger partial charge is 0.508 e. The van der Waals surface area contributed by atoms with E-state index in [4.69, 9.17) is 5.11 Å². The minimum Gasteiger partial charge on any atom is -0.508 e. The molecule has 0 heterocycles. The monoisotopic (exact) mass is 352 g/mol. The van der Waals surface area contributed by atoms with Crippen LogP contribution in [0.5, 0.6) is 11.5 Å². The van der Waals surface area contributed by atoms with E-state index in [0.717, 1.165) is 62.5 Å². The van der Waals surface area contributed by atoms with E-state index in [1.54, 1.807) is 12.1 Å². The number of phenolic OH excluding ortho intramolecular Hbond substituents is 2. The van der Waals surface area contributed by atoms with Gasteiger partial charge in [0.15, 0.2) is 0 Å². The normalized spacial score (nSPS) is 14.2. The molecule has 0 spiro atoms. The van der Waals surface area contributed by atoms with E-state index >= 15 is 0 Å². The molecule has 0 saturated heterocycles. The van der Waals surface area contributed by atoms with Crippen molar-refractivity contribution in [2.24, 2.45) is 0 Å². The standard InChI is InChI=1S/C23H28O3/c24-15-4-2-1-3-12-21-20(18-10-5-11-19(25)16-18)13-6-8-17-9-7-14-22(26)23(17)21/h5,7,9-11,14,16,24-26H,1-4,6,8,12-13,15H2.